The summed E-state index contributed by atoms with van der Waals surface area (Å²) in [5.74, 6) is -0.507. The molecule has 2 N–H and O–H groups in total. The summed E-state index contributed by atoms with van der Waals surface area (Å²) in [5.41, 5.74) is 2.29. The molecule has 0 spiro atoms. The Morgan fingerprint density at radius 2 is 1.81 bits per heavy atom. The quantitative estimate of drug-likeness (QED) is 0.839. The van der Waals surface area contributed by atoms with Crippen molar-refractivity contribution in [3.63, 3.8) is 0 Å². The van der Waals surface area contributed by atoms with E-state index in [0.717, 1.165) is 31.5 Å². The third-order valence-corrected chi connectivity index (χ3v) is 5.25. The Balaban J connectivity index is 1.57. The molecule has 2 aliphatic rings. The SMILES string of the molecule is O=C(CN1CCCCC(O)C1=O)NCc1ccccc1N1CCCCC1. The van der Waals surface area contributed by atoms with Crippen molar-refractivity contribution in [3.8, 4) is 0 Å². The first-order valence-corrected chi connectivity index (χ1v) is 9.71. The van der Waals surface area contributed by atoms with Crippen LogP contribution >= 0.6 is 0 Å². The lowest BCUT2D eigenvalue weighted by molar-refractivity contribution is -0.142. The molecule has 0 aromatic heterocycles. The first-order valence-electron chi connectivity index (χ1n) is 9.71. The van der Waals surface area contributed by atoms with E-state index < -0.39 is 6.10 Å². The molecule has 6 nitrogen and oxygen atoms in total. The van der Waals surface area contributed by atoms with E-state index in [0.29, 0.717) is 19.5 Å². The van der Waals surface area contributed by atoms with Crippen molar-refractivity contribution in [2.24, 2.45) is 0 Å². The minimum Gasteiger partial charge on any atom is -0.383 e. The summed E-state index contributed by atoms with van der Waals surface area (Å²) in [4.78, 5) is 28.3. The summed E-state index contributed by atoms with van der Waals surface area (Å²) < 4.78 is 0. The van der Waals surface area contributed by atoms with Gasteiger partial charge in [0.1, 0.15) is 6.10 Å². The number of likely N-dealkylation sites (tertiary alicyclic amines) is 1. The minimum atomic E-state index is -0.967. The summed E-state index contributed by atoms with van der Waals surface area (Å²) in [6.07, 6.45) is 4.86. The van der Waals surface area contributed by atoms with E-state index >= 15 is 0 Å². The fourth-order valence-corrected chi connectivity index (χ4v) is 3.77. The predicted molar refractivity (Wildman–Crippen MR) is 101 cm³/mol. The van der Waals surface area contributed by atoms with Crippen LogP contribution in [0.4, 0.5) is 5.69 Å². The van der Waals surface area contributed by atoms with Gasteiger partial charge in [0.15, 0.2) is 0 Å². The van der Waals surface area contributed by atoms with Gasteiger partial charge in [0.25, 0.3) is 5.91 Å². The van der Waals surface area contributed by atoms with Crippen LogP contribution in [-0.4, -0.2) is 54.1 Å². The van der Waals surface area contributed by atoms with Gasteiger partial charge in [0, 0.05) is 31.9 Å². The fourth-order valence-electron chi connectivity index (χ4n) is 3.77. The highest BCUT2D eigenvalue weighted by Crippen LogP contribution is 2.24. The van der Waals surface area contributed by atoms with E-state index in [-0.39, 0.29) is 18.4 Å². The van der Waals surface area contributed by atoms with Crippen molar-refractivity contribution >= 4 is 17.5 Å². The predicted octanol–water partition coefficient (Wildman–Crippen LogP) is 1.67. The summed E-state index contributed by atoms with van der Waals surface area (Å²) in [7, 11) is 0. The highest BCUT2D eigenvalue weighted by Gasteiger charge is 2.26. The van der Waals surface area contributed by atoms with Crippen LogP contribution in [0, 0.1) is 0 Å². The van der Waals surface area contributed by atoms with Gasteiger partial charge >= 0.3 is 0 Å². The number of carbonyl (C=O) groups is 2. The number of aliphatic hydroxyl groups excluding tert-OH is 1. The number of aliphatic hydroxyl groups is 1. The van der Waals surface area contributed by atoms with Crippen LogP contribution in [0.1, 0.15) is 44.1 Å². The molecule has 0 aliphatic carbocycles. The van der Waals surface area contributed by atoms with E-state index in [1.807, 2.05) is 18.2 Å². The van der Waals surface area contributed by atoms with Crippen LogP contribution < -0.4 is 10.2 Å². The molecule has 1 aromatic rings. The van der Waals surface area contributed by atoms with Gasteiger partial charge in [-0.15, -0.1) is 0 Å². The third-order valence-electron chi connectivity index (χ3n) is 5.25. The second kappa shape index (κ2) is 9.03. The molecule has 2 fully saturated rings. The molecule has 26 heavy (non-hydrogen) atoms. The van der Waals surface area contributed by atoms with Gasteiger partial charge in [-0.05, 0) is 50.2 Å². The van der Waals surface area contributed by atoms with Crippen LogP contribution in [0.2, 0.25) is 0 Å². The molecule has 2 heterocycles. The molecule has 3 rings (SSSR count). The molecular formula is C20H29N3O3. The molecule has 0 radical (unpaired) electrons. The zero-order valence-electron chi connectivity index (χ0n) is 15.3. The highest BCUT2D eigenvalue weighted by molar-refractivity contribution is 5.87. The Morgan fingerprint density at radius 3 is 2.62 bits per heavy atom. The molecule has 0 bridgehead atoms. The Kier molecular flexibility index (Phi) is 6.50. The first-order chi connectivity index (χ1) is 12.6. The summed E-state index contributed by atoms with van der Waals surface area (Å²) in [6, 6.07) is 8.18. The lowest BCUT2D eigenvalue weighted by atomic mass is 10.1. The smallest absolute Gasteiger partial charge is 0.251 e. The van der Waals surface area contributed by atoms with Crippen molar-refractivity contribution in [2.45, 2.75) is 51.2 Å². The van der Waals surface area contributed by atoms with Crippen molar-refractivity contribution in [1.82, 2.24) is 10.2 Å². The van der Waals surface area contributed by atoms with Gasteiger partial charge < -0.3 is 20.2 Å². The number of anilines is 1. The number of hydrogen-bond acceptors (Lipinski definition) is 4. The second-order valence-electron chi connectivity index (χ2n) is 7.22. The maximum Gasteiger partial charge on any atom is 0.251 e. The number of hydrogen-bond donors (Lipinski definition) is 2. The molecule has 2 saturated heterocycles. The number of amides is 2. The zero-order chi connectivity index (χ0) is 18.4. The van der Waals surface area contributed by atoms with Crippen molar-refractivity contribution in [3.05, 3.63) is 29.8 Å². The van der Waals surface area contributed by atoms with Crippen LogP contribution in [0.15, 0.2) is 24.3 Å². The van der Waals surface area contributed by atoms with E-state index in [4.69, 9.17) is 0 Å². The molecule has 2 aliphatic heterocycles. The number of benzene rings is 1. The Bertz CT molecular complexity index is 628. The molecule has 142 valence electrons. The van der Waals surface area contributed by atoms with Crippen LogP contribution in [0.3, 0.4) is 0 Å². The van der Waals surface area contributed by atoms with Gasteiger partial charge in [-0.2, -0.15) is 0 Å². The fraction of sp³-hybridized carbons (Fsp3) is 0.600. The lowest BCUT2D eigenvalue weighted by Crippen LogP contribution is -2.44. The number of piperidine rings is 1. The maximum atomic E-state index is 12.3. The Hall–Kier alpha value is -2.08. The molecule has 1 aromatic carbocycles. The number of nitrogens with zero attached hydrogens (tertiary/aromatic N) is 2. The topological polar surface area (TPSA) is 72.9 Å². The molecule has 1 unspecified atom stereocenters. The number of nitrogens with one attached hydrogen (secondary N) is 1. The highest BCUT2D eigenvalue weighted by atomic mass is 16.3. The van der Waals surface area contributed by atoms with E-state index in [1.165, 1.54) is 29.8 Å². The average molecular weight is 359 g/mol. The van der Waals surface area contributed by atoms with Crippen LogP contribution in [-0.2, 0) is 16.1 Å². The summed E-state index contributed by atoms with van der Waals surface area (Å²) in [5, 5.41) is 12.7. The Labute approximate surface area is 155 Å². The van der Waals surface area contributed by atoms with E-state index in [2.05, 4.69) is 16.3 Å². The zero-order valence-corrected chi connectivity index (χ0v) is 15.3. The number of carbonyl (C=O) groups excluding carboxylic acids is 2. The van der Waals surface area contributed by atoms with E-state index in [1.54, 1.807) is 0 Å². The molecule has 6 heteroatoms. The monoisotopic (exact) mass is 359 g/mol. The molecule has 0 saturated carbocycles. The normalized spacial score (nSPS) is 21.4. The Morgan fingerprint density at radius 1 is 1.08 bits per heavy atom. The largest absolute Gasteiger partial charge is 0.383 e. The van der Waals surface area contributed by atoms with Gasteiger partial charge in [-0.3, -0.25) is 9.59 Å². The molecule has 2 amide bonds. The van der Waals surface area contributed by atoms with Crippen molar-refractivity contribution in [1.29, 1.82) is 0 Å². The summed E-state index contributed by atoms with van der Waals surface area (Å²) in [6.45, 7) is 3.13. The maximum absolute atomic E-state index is 12.3. The summed E-state index contributed by atoms with van der Waals surface area (Å²) >= 11 is 0. The van der Waals surface area contributed by atoms with Gasteiger partial charge in [0.2, 0.25) is 5.91 Å². The standard InChI is InChI=1S/C20H29N3O3/c24-18-10-4-7-13-23(20(18)26)15-19(25)21-14-16-8-2-3-9-17(16)22-11-5-1-6-12-22/h2-3,8-9,18,24H,1,4-7,10-15H2,(H,21,25). The van der Waals surface area contributed by atoms with Crippen molar-refractivity contribution in [2.75, 3.05) is 31.1 Å². The molecular weight excluding hydrogens is 330 g/mol. The first kappa shape index (κ1) is 18.7. The van der Waals surface area contributed by atoms with Crippen LogP contribution in [0.5, 0.6) is 0 Å². The minimum absolute atomic E-state index is 0.0156. The number of rotatable bonds is 5. The second-order valence-corrected chi connectivity index (χ2v) is 7.22. The van der Waals surface area contributed by atoms with Gasteiger partial charge in [-0.1, -0.05) is 18.2 Å². The van der Waals surface area contributed by atoms with Crippen LogP contribution in [0.25, 0.3) is 0 Å². The van der Waals surface area contributed by atoms with Gasteiger partial charge in [0.05, 0.1) is 6.54 Å². The average Bonchev–Trinajstić information content (AvgIpc) is 2.83. The lowest BCUT2D eigenvalue weighted by Gasteiger charge is -2.30. The van der Waals surface area contributed by atoms with Gasteiger partial charge in [-0.25, -0.2) is 0 Å². The third kappa shape index (κ3) is 4.75. The van der Waals surface area contributed by atoms with E-state index in [9.17, 15) is 14.7 Å². The molecule has 1 atom stereocenters. The van der Waals surface area contributed by atoms with Crippen molar-refractivity contribution < 1.29 is 14.7 Å². The number of para-hydroxylation sites is 1.